The zero-order valence-electron chi connectivity index (χ0n) is 16.2. The average Bonchev–Trinajstić information content (AvgIpc) is 2.60. The molecule has 0 saturated carbocycles. The Hall–Kier alpha value is -1.01. The second kappa shape index (κ2) is 8.99. The lowest BCUT2D eigenvalue weighted by Gasteiger charge is -2.39. The summed E-state index contributed by atoms with van der Waals surface area (Å²) in [5.41, 5.74) is 0.514. The van der Waals surface area contributed by atoms with Gasteiger partial charge in [-0.1, -0.05) is 23.2 Å². The van der Waals surface area contributed by atoms with Gasteiger partial charge in [-0.25, -0.2) is 0 Å². The number of rotatable bonds is 4. The number of likely N-dealkylation sites (tertiary alicyclic amines) is 1. The summed E-state index contributed by atoms with van der Waals surface area (Å²) in [6.45, 7) is 8.86. The zero-order chi connectivity index (χ0) is 19.6. The molecule has 0 N–H and O–H groups in total. The van der Waals surface area contributed by atoms with Gasteiger partial charge in [-0.2, -0.15) is 0 Å². The molecule has 5 nitrogen and oxygen atoms in total. The van der Waals surface area contributed by atoms with Crippen LogP contribution in [-0.4, -0.2) is 67.7 Å². The van der Waals surface area contributed by atoms with Crippen LogP contribution in [0, 0.1) is 5.92 Å². The first-order valence-electron chi connectivity index (χ1n) is 9.57. The summed E-state index contributed by atoms with van der Waals surface area (Å²) in [5.74, 6) is 1.01. The van der Waals surface area contributed by atoms with E-state index in [2.05, 4.69) is 18.7 Å². The first kappa shape index (κ1) is 20.7. The van der Waals surface area contributed by atoms with E-state index in [4.69, 9.17) is 32.7 Å². The van der Waals surface area contributed by atoms with E-state index in [1.807, 2.05) is 4.90 Å². The predicted molar refractivity (Wildman–Crippen MR) is 108 cm³/mol. The second-order valence-corrected chi connectivity index (χ2v) is 8.50. The Bertz CT molecular complexity index is 644. The number of carbonyl (C=O) groups is 1. The summed E-state index contributed by atoms with van der Waals surface area (Å²) in [6.07, 6.45) is 2.62. The molecule has 27 heavy (non-hydrogen) atoms. The van der Waals surface area contributed by atoms with Crippen LogP contribution in [0.3, 0.4) is 0 Å². The molecule has 150 valence electrons. The Kier molecular flexibility index (Phi) is 6.90. The fraction of sp³-hybridized carbons (Fsp3) is 0.650. The first-order chi connectivity index (χ1) is 12.9. The number of hydrogen-bond donors (Lipinski definition) is 0. The summed E-state index contributed by atoms with van der Waals surface area (Å²) in [4.78, 5) is 17.2. The molecule has 2 heterocycles. The maximum Gasteiger partial charge on any atom is 0.253 e. The lowest BCUT2D eigenvalue weighted by atomic mass is 9.95. The van der Waals surface area contributed by atoms with E-state index in [9.17, 15) is 4.79 Å². The topological polar surface area (TPSA) is 42.0 Å². The molecule has 0 spiro atoms. The number of carbonyl (C=O) groups excluding carboxylic acids is 1. The van der Waals surface area contributed by atoms with Gasteiger partial charge in [-0.15, -0.1) is 0 Å². The van der Waals surface area contributed by atoms with E-state index < -0.39 is 0 Å². The Balaban J connectivity index is 1.55. The van der Waals surface area contributed by atoms with Gasteiger partial charge in [0.2, 0.25) is 0 Å². The molecule has 2 unspecified atom stereocenters. The zero-order valence-corrected chi connectivity index (χ0v) is 17.7. The molecule has 2 atom stereocenters. The fourth-order valence-electron chi connectivity index (χ4n) is 4.18. The van der Waals surface area contributed by atoms with Crippen molar-refractivity contribution >= 4 is 29.1 Å². The van der Waals surface area contributed by atoms with E-state index in [1.165, 1.54) is 7.11 Å². The molecule has 1 amide bonds. The highest BCUT2D eigenvalue weighted by Gasteiger charge is 2.28. The highest BCUT2D eigenvalue weighted by Crippen LogP contribution is 2.34. The SMILES string of the molecule is COc1c(Cl)cc(C(=O)N2CCC(CN3CC(C)OC(C)C3)CC2)cc1Cl. The van der Waals surface area contributed by atoms with E-state index in [0.717, 1.165) is 45.6 Å². The van der Waals surface area contributed by atoms with Gasteiger partial charge in [0.05, 0.1) is 29.4 Å². The molecule has 3 rings (SSSR count). The molecule has 0 aromatic heterocycles. The van der Waals surface area contributed by atoms with Gasteiger partial charge >= 0.3 is 0 Å². The van der Waals surface area contributed by atoms with Gasteiger partial charge in [0.25, 0.3) is 5.91 Å². The van der Waals surface area contributed by atoms with Crippen molar-refractivity contribution in [3.63, 3.8) is 0 Å². The van der Waals surface area contributed by atoms with Gasteiger partial charge in [0, 0.05) is 38.3 Å². The lowest BCUT2D eigenvalue weighted by Crippen LogP contribution is -2.48. The van der Waals surface area contributed by atoms with Crippen molar-refractivity contribution in [1.29, 1.82) is 0 Å². The van der Waals surface area contributed by atoms with Gasteiger partial charge in [0.15, 0.2) is 5.75 Å². The Labute approximate surface area is 171 Å². The molecular formula is C20H28Cl2N2O3. The lowest BCUT2D eigenvalue weighted by molar-refractivity contribution is -0.0728. The third-order valence-corrected chi connectivity index (χ3v) is 5.92. The molecule has 0 radical (unpaired) electrons. The number of halogens is 2. The maximum absolute atomic E-state index is 12.8. The molecule has 0 aliphatic carbocycles. The normalized spacial score (nSPS) is 24.9. The minimum absolute atomic E-state index is 0.0199. The number of benzene rings is 1. The first-order valence-corrected chi connectivity index (χ1v) is 10.3. The quantitative estimate of drug-likeness (QED) is 0.747. The van der Waals surface area contributed by atoms with Gasteiger partial charge in [-0.3, -0.25) is 9.69 Å². The standard InChI is InChI=1S/C20H28Cl2N2O3/c1-13-10-23(11-14(2)27-13)12-15-4-6-24(7-5-15)20(25)16-8-17(21)19(26-3)18(22)9-16/h8-9,13-15H,4-7,10-12H2,1-3H3. The van der Waals surface area contributed by atoms with E-state index in [-0.39, 0.29) is 5.91 Å². The summed E-state index contributed by atoms with van der Waals surface area (Å²) < 4.78 is 11.0. The van der Waals surface area contributed by atoms with Crippen LogP contribution < -0.4 is 4.74 Å². The monoisotopic (exact) mass is 414 g/mol. The molecular weight excluding hydrogens is 387 g/mol. The summed E-state index contributed by atoms with van der Waals surface area (Å²) >= 11 is 12.4. The molecule has 1 aromatic rings. The summed E-state index contributed by atoms with van der Waals surface area (Å²) in [6, 6.07) is 3.27. The smallest absolute Gasteiger partial charge is 0.253 e. The number of morpholine rings is 1. The Morgan fingerprint density at radius 1 is 1.15 bits per heavy atom. The van der Waals surface area contributed by atoms with Crippen molar-refractivity contribution in [3.8, 4) is 5.75 Å². The van der Waals surface area contributed by atoms with E-state index >= 15 is 0 Å². The third kappa shape index (κ3) is 5.08. The van der Waals surface area contributed by atoms with Crippen LogP contribution in [-0.2, 0) is 4.74 Å². The fourth-order valence-corrected chi connectivity index (χ4v) is 4.82. The number of nitrogens with zero attached hydrogens (tertiary/aromatic N) is 2. The average molecular weight is 415 g/mol. The van der Waals surface area contributed by atoms with Gasteiger partial charge in [-0.05, 0) is 44.7 Å². The van der Waals surface area contributed by atoms with E-state index in [0.29, 0.717) is 39.5 Å². The van der Waals surface area contributed by atoms with Crippen molar-refractivity contribution < 1.29 is 14.3 Å². The summed E-state index contributed by atoms with van der Waals surface area (Å²) in [5, 5.41) is 0.720. The van der Waals surface area contributed by atoms with Crippen molar-refractivity contribution in [2.45, 2.75) is 38.9 Å². The van der Waals surface area contributed by atoms with Crippen LogP contribution in [0.2, 0.25) is 10.0 Å². The van der Waals surface area contributed by atoms with Crippen LogP contribution >= 0.6 is 23.2 Å². The molecule has 2 aliphatic rings. The Morgan fingerprint density at radius 2 is 1.70 bits per heavy atom. The number of ether oxygens (including phenoxy) is 2. The maximum atomic E-state index is 12.8. The summed E-state index contributed by atoms with van der Waals surface area (Å²) in [7, 11) is 1.51. The minimum Gasteiger partial charge on any atom is -0.494 e. The molecule has 2 fully saturated rings. The number of amides is 1. The van der Waals surface area contributed by atoms with Crippen molar-refractivity contribution in [2.24, 2.45) is 5.92 Å². The number of piperidine rings is 1. The van der Waals surface area contributed by atoms with Crippen LogP contribution in [0.4, 0.5) is 0 Å². The molecule has 1 aromatic carbocycles. The highest BCUT2D eigenvalue weighted by atomic mass is 35.5. The molecule has 2 saturated heterocycles. The van der Waals surface area contributed by atoms with Crippen LogP contribution in [0.25, 0.3) is 0 Å². The van der Waals surface area contributed by atoms with Crippen LogP contribution in [0.5, 0.6) is 5.75 Å². The largest absolute Gasteiger partial charge is 0.494 e. The van der Waals surface area contributed by atoms with Crippen molar-refractivity contribution in [1.82, 2.24) is 9.80 Å². The second-order valence-electron chi connectivity index (χ2n) is 7.68. The minimum atomic E-state index is -0.0199. The molecule has 2 aliphatic heterocycles. The van der Waals surface area contributed by atoms with Crippen LogP contribution in [0.15, 0.2) is 12.1 Å². The van der Waals surface area contributed by atoms with Gasteiger partial charge in [0.1, 0.15) is 0 Å². The number of methoxy groups -OCH3 is 1. The molecule has 7 heteroatoms. The van der Waals surface area contributed by atoms with E-state index in [1.54, 1.807) is 12.1 Å². The third-order valence-electron chi connectivity index (χ3n) is 5.36. The highest BCUT2D eigenvalue weighted by molar-refractivity contribution is 6.37. The molecule has 0 bridgehead atoms. The predicted octanol–water partition coefficient (Wildman–Crippen LogP) is 3.96. The van der Waals surface area contributed by atoms with Crippen molar-refractivity contribution in [2.75, 3.05) is 39.8 Å². The number of hydrogen-bond acceptors (Lipinski definition) is 4. The Morgan fingerprint density at radius 3 is 2.22 bits per heavy atom. The van der Waals surface area contributed by atoms with Crippen molar-refractivity contribution in [3.05, 3.63) is 27.7 Å². The van der Waals surface area contributed by atoms with Gasteiger partial charge < -0.3 is 14.4 Å². The van der Waals surface area contributed by atoms with Crippen LogP contribution in [0.1, 0.15) is 37.0 Å².